The van der Waals surface area contributed by atoms with E-state index in [1.54, 1.807) is 37.0 Å². The van der Waals surface area contributed by atoms with Crippen molar-refractivity contribution in [2.45, 2.75) is 33.2 Å². The Labute approximate surface area is 292 Å². The highest BCUT2D eigenvalue weighted by molar-refractivity contribution is 6.21. The number of aryl methyl sites for hydroxylation is 1. The molecule has 12 nitrogen and oxygen atoms in total. The predicted molar refractivity (Wildman–Crippen MR) is 191 cm³/mol. The number of fused-ring (bicyclic) bond motifs is 2. The standard InChI is InChI=1S/C38H45N5O7/c1-5-40(6-2)17-22-50-28-9-11-29-31(25-28)38(46)43(36(29)44)16-14-35-39-32-24-27(41-18-20-49-21-19-41)8-10-30(32)37(45)42(35)15-13-26-7-12-33(47-3)34(23-26)48-4/h7-12,23-25H,5-6,13-22H2,1-4H3. The van der Waals surface area contributed by atoms with Crippen molar-refractivity contribution < 1.29 is 28.5 Å². The van der Waals surface area contributed by atoms with Crippen LogP contribution in [0.1, 0.15) is 46.0 Å². The van der Waals surface area contributed by atoms with Crippen LogP contribution in [0.4, 0.5) is 5.69 Å². The van der Waals surface area contributed by atoms with Crippen LogP contribution in [0.25, 0.3) is 10.9 Å². The lowest BCUT2D eigenvalue weighted by Crippen LogP contribution is -2.36. The third-order valence-electron chi connectivity index (χ3n) is 9.54. The van der Waals surface area contributed by atoms with E-state index in [1.165, 1.54) is 4.90 Å². The normalized spacial score (nSPS) is 14.5. The molecule has 0 radical (unpaired) electrons. The van der Waals surface area contributed by atoms with Gasteiger partial charge in [-0.3, -0.25) is 23.9 Å². The van der Waals surface area contributed by atoms with Crippen LogP contribution in [-0.2, 0) is 24.1 Å². The molecule has 2 amide bonds. The van der Waals surface area contributed by atoms with Crippen molar-refractivity contribution in [1.82, 2.24) is 19.4 Å². The fourth-order valence-electron chi connectivity index (χ4n) is 6.58. The molecule has 3 aromatic carbocycles. The molecule has 6 rings (SSSR count). The van der Waals surface area contributed by atoms with E-state index in [0.29, 0.717) is 77.9 Å². The zero-order chi connectivity index (χ0) is 35.2. The second kappa shape index (κ2) is 15.7. The third-order valence-corrected chi connectivity index (χ3v) is 9.54. The Bertz CT molecular complexity index is 1920. The van der Waals surface area contributed by atoms with Gasteiger partial charge in [0.2, 0.25) is 0 Å². The first-order chi connectivity index (χ1) is 24.3. The minimum atomic E-state index is -0.381. The summed E-state index contributed by atoms with van der Waals surface area (Å²) < 4.78 is 24.0. The van der Waals surface area contributed by atoms with Gasteiger partial charge in [0.25, 0.3) is 17.4 Å². The van der Waals surface area contributed by atoms with Crippen molar-refractivity contribution in [1.29, 1.82) is 0 Å². The van der Waals surface area contributed by atoms with Crippen LogP contribution in [0.5, 0.6) is 17.2 Å². The summed E-state index contributed by atoms with van der Waals surface area (Å²) in [6.45, 7) is 10.5. The minimum Gasteiger partial charge on any atom is -0.493 e. The minimum absolute atomic E-state index is 0.0714. The molecule has 264 valence electrons. The van der Waals surface area contributed by atoms with E-state index in [2.05, 4.69) is 23.6 Å². The second-order valence-electron chi connectivity index (χ2n) is 12.3. The molecule has 0 unspecified atom stereocenters. The van der Waals surface area contributed by atoms with Crippen molar-refractivity contribution in [3.05, 3.63) is 87.5 Å². The second-order valence-corrected chi connectivity index (χ2v) is 12.3. The molecule has 0 N–H and O–H groups in total. The molecule has 0 aliphatic carbocycles. The average molecular weight is 684 g/mol. The first-order valence-corrected chi connectivity index (χ1v) is 17.3. The van der Waals surface area contributed by atoms with Gasteiger partial charge in [0, 0.05) is 44.8 Å². The van der Waals surface area contributed by atoms with Crippen LogP contribution in [0.3, 0.4) is 0 Å². The number of rotatable bonds is 15. The lowest BCUT2D eigenvalue weighted by Gasteiger charge is -2.29. The van der Waals surface area contributed by atoms with Gasteiger partial charge in [0.15, 0.2) is 11.5 Å². The lowest BCUT2D eigenvalue weighted by molar-refractivity contribution is 0.0655. The van der Waals surface area contributed by atoms with Gasteiger partial charge in [0.05, 0.1) is 49.5 Å². The molecule has 50 heavy (non-hydrogen) atoms. The molecule has 0 bridgehead atoms. The topological polar surface area (TPSA) is 116 Å². The molecule has 3 heterocycles. The number of amides is 2. The van der Waals surface area contributed by atoms with Gasteiger partial charge in [-0.2, -0.15) is 0 Å². The first-order valence-electron chi connectivity index (χ1n) is 17.3. The van der Waals surface area contributed by atoms with Crippen LogP contribution in [0.2, 0.25) is 0 Å². The number of likely N-dealkylation sites (N-methyl/N-ethyl adjacent to an activating group) is 1. The van der Waals surface area contributed by atoms with Gasteiger partial charge < -0.3 is 28.7 Å². The highest BCUT2D eigenvalue weighted by Crippen LogP contribution is 2.29. The van der Waals surface area contributed by atoms with Crippen LogP contribution in [0, 0.1) is 0 Å². The average Bonchev–Trinajstić information content (AvgIpc) is 3.39. The Hall–Kier alpha value is -4.94. The quantitative estimate of drug-likeness (QED) is 0.170. The summed E-state index contributed by atoms with van der Waals surface area (Å²) in [7, 11) is 3.17. The number of imide groups is 1. The number of benzene rings is 3. The molecule has 4 aromatic rings. The number of ether oxygens (including phenoxy) is 4. The summed E-state index contributed by atoms with van der Waals surface area (Å²) in [5, 5.41) is 0.507. The number of carbonyl (C=O) groups excluding carboxylic acids is 2. The summed E-state index contributed by atoms with van der Waals surface area (Å²) in [6, 6.07) is 16.4. The van der Waals surface area contributed by atoms with E-state index >= 15 is 0 Å². The third kappa shape index (κ3) is 7.31. The lowest BCUT2D eigenvalue weighted by atomic mass is 10.1. The van der Waals surface area contributed by atoms with E-state index in [9.17, 15) is 14.4 Å². The number of hydrogen-bond acceptors (Lipinski definition) is 10. The van der Waals surface area contributed by atoms with Crippen LogP contribution in [-0.4, -0.2) is 104 Å². The first kappa shape index (κ1) is 34.9. The van der Waals surface area contributed by atoms with Gasteiger partial charge in [0.1, 0.15) is 18.2 Å². The Morgan fingerprint density at radius 1 is 0.820 bits per heavy atom. The zero-order valence-corrected chi connectivity index (χ0v) is 29.3. The van der Waals surface area contributed by atoms with E-state index in [4.69, 9.17) is 23.9 Å². The maximum absolute atomic E-state index is 14.1. The molecular weight excluding hydrogens is 638 g/mol. The molecular formula is C38H45N5O7. The molecule has 1 saturated heterocycles. The number of morpholine rings is 1. The number of aromatic nitrogens is 2. The summed E-state index contributed by atoms with van der Waals surface area (Å²) in [4.78, 5) is 51.8. The van der Waals surface area contributed by atoms with Crippen LogP contribution in [0.15, 0.2) is 59.4 Å². The van der Waals surface area contributed by atoms with Crippen molar-refractivity contribution >= 4 is 28.4 Å². The maximum atomic E-state index is 14.1. The molecule has 0 atom stereocenters. The number of anilines is 1. The molecule has 1 aromatic heterocycles. The monoisotopic (exact) mass is 683 g/mol. The van der Waals surface area contributed by atoms with Crippen molar-refractivity contribution in [3.63, 3.8) is 0 Å². The van der Waals surface area contributed by atoms with Crippen LogP contribution >= 0.6 is 0 Å². The molecule has 12 heteroatoms. The number of nitrogens with zero attached hydrogens (tertiary/aromatic N) is 5. The summed E-state index contributed by atoms with van der Waals surface area (Å²) >= 11 is 0. The van der Waals surface area contributed by atoms with Crippen molar-refractivity contribution in [3.8, 4) is 17.2 Å². The van der Waals surface area contributed by atoms with Gasteiger partial charge in [-0.1, -0.05) is 19.9 Å². The SMILES string of the molecule is CCN(CC)CCOc1ccc2c(c1)C(=O)N(CCc1nc3cc(N4CCOCC4)ccc3c(=O)n1CCc1ccc(OC)c(OC)c1)C2=O. The Kier molecular flexibility index (Phi) is 11.0. The molecule has 1 fully saturated rings. The van der Waals surface area contributed by atoms with E-state index in [1.807, 2.05) is 36.4 Å². The summed E-state index contributed by atoms with van der Waals surface area (Å²) in [5.74, 6) is 1.53. The number of hydrogen-bond donors (Lipinski definition) is 0. The summed E-state index contributed by atoms with van der Waals surface area (Å²) in [6.07, 6.45) is 0.730. The van der Waals surface area contributed by atoms with Crippen LogP contribution < -0.4 is 24.7 Å². The van der Waals surface area contributed by atoms with E-state index in [-0.39, 0.29) is 30.3 Å². The molecule has 0 spiro atoms. The maximum Gasteiger partial charge on any atom is 0.261 e. The fourth-order valence-corrected chi connectivity index (χ4v) is 6.58. The predicted octanol–water partition coefficient (Wildman–Crippen LogP) is 4.05. The Morgan fingerprint density at radius 2 is 1.58 bits per heavy atom. The Morgan fingerprint density at radius 3 is 2.32 bits per heavy atom. The molecule has 0 saturated carbocycles. The molecule has 2 aliphatic heterocycles. The highest BCUT2D eigenvalue weighted by atomic mass is 16.5. The Balaban J connectivity index is 1.25. The van der Waals surface area contributed by atoms with E-state index in [0.717, 1.165) is 44.0 Å². The van der Waals surface area contributed by atoms with Gasteiger partial charge in [-0.25, -0.2) is 4.98 Å². The van der Waals surface area contributed by atoms with E-state index < -0.39 is 0 Å². The largest absolute Gasteiger partial charge is 0.493 e. The van der Waals surface area contributed by atoms with Crippen molar-refractivity contribution in [2.24, 2.45) is 0 Å². The summed E-state index contributed by atoms with van der Waals surface area (Å²) in [5.41, 5.74) is 3.00. The number of methoxy groups -OCH3 is 2. The number of carbonyl (C=O) groups is 2. The van der Waals surface area contributed by atoms with Gasteiger partial charge in [-0.05, 0) is 73.6 Å². The highest BCUT2D eigenvalue weighted by Gasteiger charge is 2.36. The zero-order valence-electron chi connectivity index (χ0n) is 29.3. The fraction of sp³-hybridized carbons (Fsp3) is 0.421. The molecule has 2 aliphatic rings. The smallest absolute Gasteiger partial charge is 0.261 e. The van der Waals surface area contributed by atoms with Gasteiger partial charge >= 0.3 is 0 Å². The van der Waals surface area contributed by atoms with Crippen molar-refractivity contribution in [2.75, 3.05) is 78.2 Å². The van der Waals surface area contributed by atoms with Gasteiger partial charge in [-0.15, -0.1) is 0 Å².